The van der Waals surface area contributed by atoms with Crippen LogP contribution >= 0.6 is 22.6 Å². The highest BCUT2D eigenvalue weighted by molar-refractivity contribution is 14.1. The predicted octanol–water partition coefficient (Wildman–Crippen LogP) is 3.41. The van der Waals surface area contributed by atoms with Gasteiger partial charge in [0.25, 0.3) is 0 Å². The Balaban J connectivity index is 2.88. The van der Waals surface area contributed by atoms with Gasteiger partial charge in [0.15, 0.2) is 0 Å². The van der Waals surface area contributed by atoms with E-state index in [4.69, 9.17) is 4.74 Å². The van der Waals surface area contributed by atoms with Gasteiger partial charge in [0.2, 0.25) is 5.91 Å². The van der Waals surface area contributed by atoms with Crippen molar-refractivity contribution in [3.8, 4) is 5.75 Å². The van der Waals surface area contributed by atoms with Gasteiger partial charge in [-0.1, -0.05) is 22.6 Å². The highest BCUT2D eigenvalue weighted by Gasteiger charge is 2.05. The summed E-state index contributed by atoms with van der Waals surface area (Å²) in [6.45, 7) is 4.15. The number of amides is 1. The van der Waals surface area contributed by atoms with E-state index in [1.807, 2.05) is 25.1 Å². The van der Waals surface area contributed by atoms with Gasteiger partial charge >= 0.3 is 0 Å². The second-order valence-electron chi connectivity index (χ2n) is 3.73. The molecule has 94 valence electrons. The molecule has 0 saturated carbocycles. The predicted molar refractivity (Wildman–Crippen MR) is 79.1 cm³/mol. The van der Waals surface area contributed by atoms with Gasteiger partial charge in [0.05, 0.1) is 6.61 Å². The molecule has 0 atom stereocenters. The van der Waals surface area contributed by atoms with E-state index in [9.17, 15) is 4.79 Å². The standard InChI is InChI=1S/C13H18INO2/c1-3-17-13-7-6-12(15-10(2)16)9-11(13)5-4-8-14/h6-7,9H,3-5,8H2,1-2H3,(H,15,16). The fourth-order valence-corrected chi connectivity index (χ4v) is 1.99. The van der Waals surface area contributed by atoms with E-state index >= 15 is 0 Å². The molecule has 0 radical (unpaired) electrons. The van der Waals surface area contributed by atoms with Gasteiger partial charge in [-0.2, -0.15) is 0 Å². The number of nitrogens with one attached hydrogen (secondary N) is 1. The number of carbonyl (C=O) groups excluding carboxylic acids is 1. The van der Waals surface area contributed by atoms with Crippen LogP contribution in [0.1, 0.15) is 25.8 Å². The molecule has 1 N–H and O–H groups in total. The molecule has 0 spiro atoms. The maximum absolute atomic E-state index is 11.0. The van der Waals surface area contributed by atoms with Crippen LogP contribution in [0.15, 0.2) is 18.2 Å². The van der Waals surface area contributed by atoms with Crippen molar-refractivity contribution in [3.63, 3.8) is 0 Å². The summed E-state index contributed by atoms with van der Waals surface area (Å²) in [5.74, 6) is 0.875. The summed E-state index contributed by atoms with van der Waals surface area (Å²) < 4.78 is 6.70. The number of ether oxygens (including phenoxy) is 1. The Morgan fingerprint density at radius 1 is 1.47 bits per heavy atom. The molecule has 0 aliphatic carbocycles. The topological polar surface area (TPSA) is 38.3 Å². The van der Waals surface area contributed by atoms with Crippen LogP contribution in [-0.2, 0) is 11.2 Å². The van der Waals surface area contributed by atoms with Crippen molar-refractivity contribution in [2.24, 2.45) is 0 Å². The molecule has 0 bridgehead atoms. The first-order chi connectivity index (χ1) is 8.17. The third kappa shape index (κ3) is 4.93. The van der Waals surface area contributed by atoms with Crippen molar-refractivity contribution in [2.75, 3.05) is 16.4 Å². The minimum atomic E-state index is -0.0472. The zero-order valence-corrected chi connectivity index (χ0v) is 12.4. The van der Waals surface area contributed by atoms with Crippen LogP contribution in [0.2, 0.25) is 0 Å². The Hall–Kier alpha value is -0.780. The highest BCUT2D eigenvalue weighted by Crippen LogP contribution is 2.24. The van der Waals surface area contributed by atoms with Crippen molar-refractivity contribution in [1.82, 2.24) is 0 Å². The molecule has 0 aliphatic heterocycles. The van der Waals surface area contributed by atoms with E-state index in [1.54, 1.807) is 0 Å². The normalized spacial score (nSPS) is 10.1. The summed E-state index contributed by atoms with van der Waals surface area (Å²) in [4.78, 5) is 11.0. The largest absolute Gasteiger partial charge is 0.494 e. The van der Waals surface area contributed by atoms with Crippen molar-refractivity contribution in [1.29, 1.82) is 0 Å². The third-order valence-electron chi connectivity index (χ3n) is 2.26. The van der Waals surface area contributed by atoms with Gasteiger partial charge in [0.1, 0.15) is 5.75 Å². The van der Waals surface area contributed by atoms with Crippen molar-refractivity contribution >= 4 is 34.2 Å². The van der Waals surface area contributed by atoms with Crippen molar-refractivity contribution < 1.29 is 9.53 Å². The summed E-state index contributed by atoms with van der Waals surface area (Å²) in [6.07, 6.45) is 2.09. The van der Waals surface area contributed by atoms with E-state index in [-0.39, 0.29) is 5.91 Å². The van der Waals surface area contributed by atoms with Crippen LogP contribution in [0.4, 0.5) is 5.69 Å². The van der Waals surface area contributed by atoms with Crippen LogP contribution in [0, 0.1) is 0 Å². The van der Waals surface area contributed by atoms with E-state index in [0.717, 1.165) is 34.3 Å². The van der Waals surface area contributed by atoms with Crippen LogP contribution < -0.4 is 10.1 Å². The summed E-state index contributed by atoms with van der Waals surface area (Å²) in [5, 5.41) is 2.79. The van der Waals surface area contributed by atoms with Gasteiger partial charge in [-0.05, 0) is 48.0 Å². The first-order valence-corrected chi connectivity index (χ1v) is 7.29. The van der Waals surface area contributed by atoms with Crippen molar-refractivity contribution in [2.45, 2.75) is 26.7 Å². The molecule has 1 aromatic rings. The van der Waals surface area contributed by atoms with E-state index < -0.39 is 0 Å². The summed E-state index contributed by atoms with van der Waals surface area (Å²) >= 11 is 2.37. The molecule has 1 rings (SSSR count). The maximum Gasteiger partial charge on any atom is 0.221 e. The Kier molecular flexibility index (Phi) is 6.32. The number of aryl methyl sites for hydroxylation is 1. The third-order valence-corrected chi connectivity index (χ3v) is 3.02. The lowest BCUT2D eigenvalue weighted by Gasteiger charge is -2.12. The number of carbonyl (C=O) groups is 1. The van der Waals surface area contributed by atoms with Crippen LogP contribution in [-0.4, -0.2) is 16.9 Å². The van der Waals surface area contributed by atoms with Gasteiger partial charge in [-0.15, -0.1) is 0 Å². The molecular formula is C13H18INO2. The average molecular weight is 347 g/mol. The number of halogens is 1. The number of rotatable bonds is 6. The molecular weight excluding hydrogens is 329 g/mol. The smallest absolute Gasteiger partial charge is 0.221 e. The molecule has 17 heavy (non-hydrogen) atoms. The first kappa shape index (κ1) is 14.3. The Labute approximate surface area is 116 Å². The number of alkyl halides is 1. The lowest BCUT2D eigenvalue weighted by molar-refractivity contribution is -0.114. The second-order valence-corrected chi connectivity index (χ2v) is 4.81. The molecule has 0 aromatic heterocycles. The lowest BCUT2D eigenvalue weighted by Crippen LogP contribution is -2.06. The molecule has 0 heterocycles. The monoisotopic (exact) mass is 347 g/mol. The highest BCUT2D eigenvalue weighted by atomic mass is 127. The number of hydrogen-bond acceptors (Lipinski definition) is 2. The minimum absolute atomic E-state index is 0.0472. The van der Waals surface area contributed by atoms with Crippen LogP contribution in [0.25, 0.3) is 0 Å². The number of benzene rings is 1. The first-order valence-electron chi connectivity index (χ1n) is 5.76. The van der Waals surface area contributed by atoms with Gasteiger partial charge in [-0.25, -0.2) is 0 Å². The molecule has 0 saturated heterocycles. The molecule has 1 aromatic carbocycles. The fraction of sp³-hybridized carbons (Fsp3) is 0.462. The average Bonchev–Trinajstić information content (AvgIpc) is 2.28. The zero-order chi connectivity index (χ0) is 12.7. The molecule has 3 nitrogen and oxygen atoms in total. The zero-order valence-electron chi connectivity index (χ0n) is 10.3. The van der Waals surface area contributed by atoms with E-state index in [0.29, 0.717) is 6.61 Å². The van der Waals surface area contributed by atoms with Crippen molar-refractivity contribution in [3.05, 3.63) is 23.8 Å². The maximum atomic E-state index is 11.0. The Bertz CT molecular complexity index is 380. The molecule has 4 heteroatoms. The quantitative estimate of drug-likeness (QED) is 0.633. The Morgan fingerprint density at radius 3 is 2.82 bits per heavy atom. The summed E-state index contributed by atoms with van der Waals surface area (Å²) in [6, 6.07) is 5.80. The van der Waals surface area contributed by atoms with E-state index in [1.165, 1.54) is 6.92 Å². The SMILES string of the molecule is CCOc1ccc(NC(C)=O)cc1CCCI. The molecule has 0 unspecified atom stereocenters. The van der Waals surface area contributed by atoms with Gasteiger partial charge < -0.3 is 10.1 Å². The number of hydrogen-bond donors (Lipinski definition) is 1. The minimum Gasteiger partial charge on any atom is -0.494 e. The summed E-state index contributed by atoms with van der Waals surface area (Å²) in [7, 11) is 0. The lowest BCUT2D eigenvalue weighted by atomic mass is 10.1. The van der Waals surface area contributed by atoms with Gasteiger partial charge in [-0.3, -0.25) is 4.79 Å². The second kappa shape index (κ2) is 7.53. The molecule has 0 aliphatic rings. The Morgan fingerprint density at radius 2 is 2.24 bits per heavy atom. The summed E-state index contributed by atoms with van der Waals surface area (Å²) in [5.41, 5.74) is 2.00. The van der Waals surface area contributed by atoms with E-state index in [2.05, 4.69) is 27.9 Å². The van der Waals surface area contributed by atoms with Crippen LogP contribution in [0.3, 0.4) is 0 Å². The fourth-order valence-electron chi connectivity index (χ4n) is 1.61. The molecule has 1 amide bonds. The van der Waals surface area contributed by atoms with Crippen LogP contribution in [0.5, 0.6) is 5.75 Å². The number of anilines is 1. The molecule has 0 fully saturated rings. The van der Waals surface area contributed by atoms with Gasteiger partial charge in [0, 0.05) is 12.6 Å².